The Hall–Kier alpha value is -2.05. The van der Waals surface area contributed by atoms with E-state index in [1.807, 2.05) is 58.4 Å². The number of urea groups is 1. The molecule has 0 spiro atoms. The minimum atomic E-state index is -0.0720. The van der Waals surface area contributed by atoms with Crippen molar-refractivity contribution in [1.29, 1.82) is 0 Å². The summed E-state index contributed by atoms with van der Waals surface area (Å²) in [4.78, 5) is 17.5. The van der Waals surface area contributed by atoms with Gasteiger partial charge in [-0.3, -0.25) is 0 Å². The number of benzene rings is 1. The van der Waals surface area contributed by atoms with E-state index in [2.05, 4.69) is 21.7 Å². The van der Waals surface area contributed by atoms with Gasteiger partial charge in [-0.25, -0.2) is 4.79 Å². The average Bonchev–Trinajstić information content (AvgIpc) is 3.10. The SMILES string of the molecule is CCOc1ccc(CN(C)C(=O)NCC(c2cccs2)N(C)C)cc1. The first kappa shape index (κ1) is 19.3. The molecule has 1 N–H and O–H groups in total. The van der Waals surface area contributed by atoms with E-state index in [1.165, 1.54) is 4.88 Å². The molecule has 2 aromatic rings. The molecular formula is C19H27N3O2S. The number of rotatable bonds is 8. The fraction of sp³-hybridized carbons (Fsp3) is 0.421. The van der Waals surface area contributed by atoms with E-state index in [4.69, 9.17) is 4.74 Å². The first-order chi connectivity index (χ1) is 12.0. The van der Waals surface area contributed by atoms with E-state index in [0.717, 1.165) is 11.3 Å². The third-order valence-electron chi connectivity index (χ3n) is 3.94. The normalized spacial score (nSPS) is 12.0. The van der Waals surface area contributed by atoms with Gasteiger partial charge >= 0.3 is 6.03 Å². The van der Waals surface area contributed by atoms with Crippen molar-refractivity contribution in [1.82, 2.24) is 15.1 Å². The maximum atomic E-state index is 12.4. The molecule has 136 valence electrons. The lowest BCUT2D eigenvalue weighted by Gasteiger charge is -2.25. The van der Waals surface area contributed by atoms with E-state index in [1.54, 1.807) is 16.2 Å². The van der Waals surface area contributed by atoms with Gasteiger partial charge in [0, 0.05) is 25.0 Å². The first-order valence-corrected chi connectivity index (χ1v) is 9.29. The molecule has 0 fully saturated rings. The van der Waals surface area contributed by atoms with Crippen LogP contribution < -0.4 is 10.1 Å². The Bertz CT molecular complexity index is 641. The fourth-order valence-electron chi connectivity index (χ4n) is 2.54. The van der Waals surface area contributed by atoms with Crippen molar-refractivity contribution < 1.29 is 9.53 Å². The molecule has 2 rings (SSSR count). The Morgan fingerprint density at radius 2 is 1.92 bits per heavy atom. The summed E-state index contributed by atoms with van der Waals surface area (Å²) in [6, 6.07) is 12.1. The van der Waals surface area contributed by atoms with E-state index >= 15 is 0 Å². The van der Waals surface area contributed by atoms with Crippen molar-refractivity contribution in [3.8, 4) is 5.75 Å². The third-order valence-corrected chi connectivity index (χ3v) is 4.92. The number of thiophene rings is 1. The molecule has 2 amide bonds. The number of amides is 2. The molecule has 25 heavy (non-hydrogen) atoms. The second-order valence-corrected chi connectivity index (χ2v) is 7.09. The molecule has 1 aromatic carbocycles. The molecule has 5 nitrogen and oxygen atoms in total. The Kier molecular flexibility index (Phi) is 7.28. The Morgan fingerprint density at radius 1 is 1.20 bits per heavy atom. The topological polar surface area (TPSA) is 44.8 Å². The van der Waals surface area contributed by atoms with Gasteiger partial charge in [-0.15, -0.1) is 11.3 Å². The summed E-state index contributed by atoms with van der Waals surface area (Å²) in [5.74, 6) is 0.850. The molecule has 0 aliphatic carbocycles. The first-order valence-electron chi connectivity index (χ1n) is 8.41. The summed E-state index contributed by atoms with van der Waals surface area (Å²) in [7, 11) is 5.86. The van der Waals surface area contributed by atoms with Gasteiger partial charge in [-0.2, -0.15) is 0 Å². The van der Waals surface area contributed by atoms with Crippen LogP contribution in [0.1, 0.15) is 23.4 Å². The van der Waals surface area contributed by atoms with Crippen LogP contribution in [0.15, 0.2) is 41.8 Å². The molecule has 0 saturated heterocycles. The lowest BCUT2D eigenvalue weighted by atomic mass is 10.2. The predicted octanol–water partition coefficient (Wildman–Crippen LogP) is 3.59. The summed E-state index contributed by atoms with van der Waals surface area (Å²) in [6.45, 7) is 3.76. The number of ether oxygens (including phenoxy) is 1. The van der Waals surface area contributed by atoms with Gasteiger partial charge in [-0.1, -0.05) is 18.2 Å². The zero-order valence-electron chi connectivity index (χ0n) is 15.4. The van der Waals surface area contributed by atoms with Crippen molar-refractivity contribution in [2.24, 2.45) is 0 Å². The van der Waals surface area contributed by atoms with Crippen molar-refractivity contribution in [3.05, 3.63) is 52.2 Å². The van der Waals surface area contributed by atoms with Crippen molar-refractivity contribution in [3.63, 3.8) is 0 Å². The van der Waals surface area contributed by atoms with Crippen LogP contribution in [0.25, 0.3) is 0 Å². The monoisotopic (exact) mass is 361 g/mol. The number of hydrogen-bond acceptors (Lipinski definition) is 4. The second kappa shape index (κ2) is 9.44. The Labute approximate surface area is 154 Å². The van der Waals surface area contributed by atoms with Crippen LogP contribution in [-0.4, -0.2) is 50.1 Å². The molecule has 6 heteroatoms. The van der Waals surface area contributed by atoms with Crippen LogP contribution >= 0.6 is 11.3 Å². The minimum absolute atomic E-state index is 0.0720. The van der Waals surface area contributed by atoms with Crippen molar-refractivity contribution in [2.45, 2.75) is 19.5 Å². The molecule has 0 aliphatic rings. The van der Waals surface area contributed by atoms with E-state index < -0.39 is 0 Å². The number of hydrogen-bond donors (Lipinski definition) is 1. The van der Waals surface area contributed by atoms with E-state index in [-0.39, 0.29) is 12.1 Å². The number of nitrogens with one attached hydrogen (secondary N) is 1. The zero-order valence-corrected chi connectivity index (χ0v) is 16.2. The Balaban J connectivity index is 1.87. The smallest absolute Gasteiger partial charge is 0.317 e. The number of carbonyl (C=O) groups excluding carboxylic acids is 1. The standard InChI is InChI=1S/C19H27N3O2S/c1-5-24-16-10-8-15(9-11-16)14-22(4)19(23)20-13-17(21(2)3)18-7-6-12-25-18/h6-12,17H,5,13-14H2,1-4H3,(H,20,23). The molecular weight excluding hydrogens is 334 g/mol. The predicted molar refractivity (Wildman–Crippen MR) is 103 cm³/mol. The maximum absolute atomic E-state index is 12.4. The second-order valence-electron chi connectivity index (χ2n) is 6.11. The van der Waals surface area contributed by atoms with Gasteiger partial charge in [-0.05, 0) is 50.2 Å². The molecule has 1 atom stereocenters. The fourth-order valence-corrected chi connectivity index (χ4v) is 3.46. The quantitative estimate of drug-likeness (QED) is 0.781. The van der Waals surface area contributed by atoms with E-state index in [0.29, 0.717) is 19.7 Å². The highest BCUT2D eigenvalue weighted by Crippen LogP contribution is 2.22. The molecule has 1 aromatic heterocycles. The van der Waals surface area contributed by atoms with Gasteiger partial charge in [0.05, 0.1) is 12.6 Å². The number of likely N-dealkylation sites (N-methyl/N-ethyl adjacent to an activating group) is 1. The van der Waals surface area contributed by atoms with Gasteiger partial charge in [0.1, 0.15) is 5.75 Å². The maximum Gasteiger partial charge on any atom is 0.317 e. The van der Waals surface area contributed by atoms with Gasteiger partial charge < -0.3 is 19.9 Å². The van der Waals surface area contributed by atoms with Crippen molar-refractivity contribution >= 4 is 17.4 Å². The van der Waals surface area contributed by atoms with Crippen LogP contribution in [0.2, 0.25) is 0 Å². The number of nitrogens with zero attached hydrogens (tertiary/aromatic N) is 2. The highest BCUT2D eigenvalue weighted by molar-refractivity contribution is 7.10. The minimum Gasteiger partial charge on any atom is -0.494 e. The van der Waals surface area contributed by atoms with Gasteiger partial charge in [0.25, 0.3) is 0 Å². The van der Waals surface area contributed by atoms with E-state index in [9.17, 15) is 4.79 Å². The van der Waals surface area contributed by atoms with Crippen LogP contribution in [0.4, 0.5) is 4.79 Å². The molecule has 0 aliphatic heterocycles. The Morgan fingerprint density at radius 3 is 2.48 bits per heavy atom. The van der Waals surface area contributed by atoms with Gasteiger partial charge in [0.2, 0.25) is 0 Å². The highest BCUT2D eigenvalue weighted by atomic mass is 32.1. The van der Waals surface area contributed by atoms with Crippen molar-refractivity contribution in [2.75, 3.05) is 34.3 Å². The lowest BCUT2D eigenvalue weighted by molar-refractivity contribution is 0.201. The average molecular weight is 362 g/mol. The molecule has 0 radical (unpaired) electrons. The third kappa shape index (κ3) is 5.76. The molecule has 1 heterocycles. The van der Waals surface area contributed by atoms with Crippen LogP contribution in [0.3, 0.4) is 0 Å². The van der Waals surface area contributed by atoms with Gasteiger partial charge in [0.15, 0.2) is 0 Å². The summed E-state index contributed by atoms with van der Waals surface area (Å²) < 4.78 is 5.44. The number of carbonyl (C=O) groups is 1. The highest BCUT2D eigenvalue weighted by Gasteiger charge is 2.17. The van der Waals surface area contributed by atoms with Crippen LogP contribution in [0.5, 0.6) is 5.75 Å². The summed E-state index contributed by atoms with van der Waals surface area (Å²) in [6.07, 6.45) is 0. The zero-order chi connectivity index (χ0) is 18.2. The molecule has 1 unspecified atom stereocenters. The van der Waals surface area contributed by atoms with Crippen LogP contribution in [-0.2, 0) is 6.54 Å². The summed E-state index contributed by atoms with van der Waals surface area (Å²) in [5.41, 5.74) is 1.07. The lowest BCUT2D eigenvalue weighted by Crippen LogP contribution is -2.41. The summed E-state index contributed by atoms with van der Waals surface area (Å²) in [5, 5.41) is 5.09. The van der Waals surface area contributed by atoms with Crippen LogP contribution in [0, 0.1) is 0 Å². The molecule has 0 bridgehead atoms. The molecule has 0 saturated carbocycles. The largest absolute Gasteiger partial charge is 0.494 e. The summed E-state index contributed by atoms with van der Waals surface area (Å²) >= 11 is 1.71.